The van der Waals surface area contributed by atoms with E-state index in [0.717, 1.165) is 11.4 Å². The Bertz CT molecular complexity index is 926. The van der Waals surface area contributed by atoms with Crippen molar-refractivity contribution in [2.75, 3.05) is 0 Å². The summed E-state index contributed by atoms with van der Waals surface area (Å²) in [6.07, 6.45) is 1.89. The highest BCUT2D eigenvalue weighted by Crippen LogP contribution is 2.14. The van der Waals surface area contributed by atoms with E-state index < -0.39 is 5.82 Å². The highest BCUT2D eigenvalue weighted by molar-refractivity contribution is 5.92. The highest BCUT2D eigenvalue weighted by atomic mass is 19.1. The normalized spacial score (nSPS) is 11.8. The van der Waals surface area contributed by atoms with Gasteiger partial charge < -0.3 is 14.5 Å². The highest BCUT2D eigenvalue weighted by Gasteiger charge is 2.15. The Balaban J connectivity index is 1.53. The monoisotopic (exact) mass is 369 g/mol. The Morgan fingerprint density at radius 3 is 2.85 bits per heavy atom. The second-order valence-electron chi connectivity index (χ2n) is 6.22. The maximum absolute atomic E-state index is 13.1. The van der Waals surface area contributed by atoms with Gasteiger partial charge in [-0.15, -0.1) is 0 Å². The van der Waals surface area contributed by atoms with Gasteiger partial charge in [-0.1, -0.05) is 12.1 Å². The first-order valence-corrected chi connectivity index (χ1v) is 8.56. The predicted octanol–water partition coefficient (Wildman–Crippen LogP) is 3.46. The molecule has 2 heterocycles. The van der Waals surface area contributed by atoms with E-state index in [9.17, 15) is 9.18 Å². The van der Waals surface area contributed by atoms with Crippen molar-refractivity contribution < 1.29 is 18.3 Å². The average Bonchev–Trinajstić information content (AvgIpc) is 3.09. The number of amides is 1. The lowest BCUT2D eigenvalue weighted by atomic mass is 10.1. The minimum absolute atomic E-state index is 0.000497. The number of carbonyl (C=O) groups excluding carboxylic acids is 1. The molecule has 0 saturated carbocycles. The van der Waals surface area contributed by atoms with Crippen molar-refractivity contribution in [3.05, 3.63) is 77.5 Å². The second-order valence-corrected chi connectivity index (χ2v) is 6.22. The Labute approximate surface area is 156 Å². The fourth-order valence-corrected chi connectivity index (χ4v) is 2.56. The number of nitrogens with zero attached hydrogens (tertiary/aromatic N) is 2. The van der Waals surface area contributed by atoms with Crippen molar-refractivity contribution in [3.63, 3.8) is 0 Å². The summed E-state index contributed by atoms with van der Waals surface area (Å²) in [5.74, 6) is -0.135. The van der Waals surface area contributed by atoms with Gasteiger partial charge in [0.05, 0.1) is 0 Å². The van der Waals surface area contributed by atoms with Crippen LogP contribution in [0.25, 0.3) is 0 Å². The molecule has 0 saturated heterocycles. The number of oxazole rings is 1. The third kappa shape index (κ3) is 5.37. The van der Waals surface area contributed by atoms with Crippen LogP contribution in [-0.2, 0) is 13.0 Å². The number of rotatable bonds is 7. The fraction of sp³-hybridized carbons (Fsp3) is 0.250. The molecule has 1 amide bonds. The summed E-state index contributed by atoms with van der Waals surface area (Å²) in [6, 6.07) is 11.4. The van der Waals surface area contributed by atoms with Crippen LogP contribution in [0, 0.1) is 12.7 Å². The lowest BCUT2D eigenvalue weighted by Gasteiger charge is -2.12. The summed E-state index contributed by atoms with van der Waals surface area (Å²) in [7, 11) is 0. The Kier molecular flexibility index (Phi) is 5.80. The van der Waals surface area contributed by atoms with Gasteiger partial charge in [-0.3, -0.25) is 9.78 Å². The number of pyridine rings is 1. The number of carbonyl (C=O) groups is 1. The van der Waals surface area contributed by atoms with Crippen LogP contribution in [-0.4, -0.2) is 21.9 Å². The van der Waals surface area contributed by atoms with E-state index in [1.807, 2.05) is 32.0 Å². The lowest BCUT2D eigenvalue weighted by Crippen LogP contribution is -2.34. The summed E-state index contributed by atoms with van der Waals surface area (Å²) in [6.45, 7) is 3.82. The van der Waals surface area contributed by atoms with E-state index in [-0.39, 0.29) is 30.1 Å². The van der Waals surface area contributed by atoms with Gasteiger partial charge in [0.2, 0.25) is 5.89 Å². The minimum atomic E-state index is -0.392. The molecule has 7 heteroatoms. The number of halogens is 1. The van der Waals surface area contributed by atoms with Crippen molar-refractivity contribution >= 4 is 5.91 Å². The summed E-state index contributed by atoms with van der Waals surface area (Å²) in [4.78, 5) is 20.8. The van der Waals surface area contributed by atoms with E-state index in [4.69, 9.17) is 9.15 Å². The van der Waals surface area contributed by atoms with Gasteiger partial charge in [-0.25, -0.2) is 9.37 Å². The van der Waals surface area contributed by atoms with Crippen molar-refractivity contribution in [1.29, 1.82) is 0 Å². The van der Waals surface area contributed by atoms with Gasteiger partial charge in [0, 0.05) is 29.9 Å². The van der Waals surface area contributed by atoms with Gasteiger partial charge >= 0.3 is 0 Å². The fourth-order valence-electron chi connectivity index (χ4n) is 2.56. The molecule has 2 aromatic heterocycles. The first-order chi connectivity index (χ1) is 13.0. The van der Waals surface area contributed by atoms with Gasteiger partial charge in [0.15, 0.2) is 12.3 Å². The van der Waals surface area contributed by atoms with Crippen LogP contribution in [0.3, 0.4) is 0 Å². The number of nitrogens with one attached hydrogen (secondary N) is 1. The van der Waals surface area contributed by atoms with Crippen molar-refractivity contribution in [2.45, 2.75) is 32.9 Å². The zero-order valence-corrected chi connectivity index (χ0v) is 15.1. The van der Waals surface area contributed by atoms with Crippen LogP contribution < -0.4 is 10.1 Å². The summed E-state index contributed by atoms with van der Waals surface area (Å²) in [5.41, 5.74) is 2.01. The number of ether oxygens (including phenoxy) is 1. The molecule has 0 spiro atoms. The van der Waals surface area contributed by atoms with E-state index >= 15 is 0 Å². The molecule has 0 aliphatic heterocycles. The van der Waals surface area contributed by atoms with E-state index in [1.165, 1.54) is 18.4 Å². The van der Waals surface area contributed by atoms with Crippen LogP contribution >= 0.6 is 0 Å². The molecular formula is C20H20FN3O3. The molecule has 0 aliphatic carbocycles. The van der Waals surface area contributed by atoms with Crippen molar-refractivity contribution in [1.82, 2.24) is 15.3 Å². The molecule has 1 N–H and O–H groups in total. The van der Waals surface area contributed by atoms with Crippen molar-refractivity contribution in [3.8, 4) is 5.75 Å². The first-order valence-electron chi connectivity index (χ1n) is 8.56. The van der Waals surface area contributed by atoms with Crippen LogP contribution in [0.15, 0.2) is 53.1 Å². The smallest absolute Gasteiger partial charge is 0.273 e. The number of aryl methyl sites for hydroxylation is 1. The van der Waals surface area contributed by atoms with E-state index in [0.29, 0.717) is 12.2 Å². The zero-order valence-electron chi connectivity index (χ0n) is 15.1. The van der Waals surface area contributed by atoms with Crippen LogP contribution in [0.1, 0.15) is 34.7 Å². The van der Waals surface area contributed by atoms with Gasteiger partial charge in [-0.2, -0.15) is 0 Å². The molecule has 3 rings (SSSR count). The Hall–Kier alpha value is -3.22. The molecule has 0 radical (unpaired) electrons. The summed E-state index contributed by atoms with van der Waals surface area (Å²) < 4.78 is 23.8. The maximum atomic E-state index is 13.1. The quantitative estimate of drug-likeness (QED) is 0.690. The van der Waals surface area contributed by atoms with E-state index in [2.05, 4.69) is 15.3 Å². The van der Waals surface area contributed by atoms with Crippen molar-refractivity contribution in [2.24, 2.45) is 0 Å². The first kappa shape index (κ1) is 18.6. The third-order valence-electron chi connectivity index (χ3n) is 3.78. The summed E-state index contributed by atoms with van der Waals surface area (Å²) in [5, 5.41) is 2.87. The zero-order chi connectivity index (χ0) is 19.2. The molecule has 1 atom stereocenters. The molecule has 1 aromatic carbocycles. The maximum Gasteiger partial charge on any atom is 0.273 e. The molecular weight excluding hydrogens is 349 g/mol. The van der Waals surface area contributed by atoms with E-state index in [1.54, 1.807) is 12.1 Å². The summed E-state index contributed by atoms with van der Waals surface area (Å²) >= 11 is 0. The molecule has 0 fully saturated rings. The van der Waals surface area contributed by atoms with Crippen LogP contribution in [0.2, 0.25) is 0 Å². The number of hydrogen-bond acceptors (Lipinski definition) is 5. The number of aromatic nitrogens is 2. The largest absolute Gasteiger partial charge is 0.484 e. The standard InChI is InChI=1S/C20H20FN3O3/c1-13-5-3-7-16(22-13)9-14(2)23-20(25)18-11-27-19(24-18)12-26-17-8-4-6-15(21)10-17/h3-8,10-11,14H,9,12H2,1-2H3,(H,23,25). The predicted molar refractivity (Wildman–Crippen MR) is 96.8 cm³/mol. The molecule has 6 nitrogen and oxygen atoms in total. The average molecular weight is 369 g/mol. The second kappa shape index (κ2) is 8.44. The third-order valence-corrected chi connectivity index (χ3v) is 3.78. The van der Waals surface area contributed by atoms with Crippen LogP contribution in [0.5, 0.6) is 5.75 Å². The van der Waals surface area contributed by atoms with Gasteiger partial charge in [0.25, 0.3) is 5.91 Å². The topological polar surface area (TPSA) is 77.2 Å². The molecule has 3 aromatic rings. The molecule has 140 valence electrons. The van der Waals surface area contributed by atoms with Gasteiger partial charge in [-0.05, 0) is 38.1 Å². The van der Waals surface area contributed by atoms with Crippen LogP contribution in [0.4, 0.5) is 4.39 Å². The Morgan fingerprint density at radius 1 is 1.26 bits per heavy atom. The number of hydrogen-bond donors (Lipinski definition) is 1. The minimum Gasteiger partial charge on any atom is -0.484 e. The van der Waals surface area contributed by atoms with Gasteiger partial charge in [0.1, 0.15) is 17.8 Å². The SMILES string of the molecule is Cc1cccc(CC(C)NC(=O)c2coc(COc3cccc(F)c3)n2)n1. The molecule has 0 aliphatic rings. The molecule has 0 bridgehead atoms. The Morgan fingerprint density at radius 2 is 2.07 bits per heavy atom. The molecule has 27 heavy (non-hydrogen) atoms. The number of benzene rings is 1. The molecule has 1 unspecified atom stereocenters. The lowest BCUT2D eigenvalue weighted by molar-refractivity contribution is 0.0935.